The number of aromatic nitrogens is 2. The molecule has 0 aromatic carbocycles. The summed E-state index contributed by atoms with van der Waals surface area (Å²) in [7, 11) is 0. The molecule has 0 spiro atoms. The number of carbonyl (C=O) groups excluding carboxylic acids is 1. The lowest BCUT2D eigenvalue weighted by molar-refractivity contribution is -0.127. The van der Waals surface area contributed by atoms with Crippen LogP contribution in [-0.4, -0.2) is 45.9 Å². The van der Waals surface area contributed by atoms with E-state index in [2.05, 4.69) is 39.9 Å². The second-order valence-electron chi connectivity index (χ2n) is 8.90. The van der Waals surface area contributed by atoms with E-state index in [0.717, 1.165) is 70.1 Å². The van der Waals surface area contributed by atoms with Crippen molar-refractivity contribution in [1.29, 1.82) is 0 Å². The lowest BCUT2D eigenvalue weighted by atomic mass is 9.85. The van der Waals surface area contributed by atoms with Gasteiger partial charge in [-0.15, -0.1) is 0 Å². The van der Waals surface area contributed by atoms with Gasteiger partial charge in [0.05, 0.1) is 30.1 Å². The predicted octanol–water partition coefficient (Wildman–Crippen LogP) is 2.32. The van der Waals surface area contributed by atoms with Crippen LogP contribution in [0.5, 0.6) is 0 Å². The third-order valence-corrected chi connectivity index (χ3v) is 6.16. The molecule has 144 valence electrons. The van der Waals surface area contributed by atoms with E-state index in [9.17, 15) is 4.79 Å². The van der Waals surface area contributed by atoms with Crippen molar-refractivity contribution in [1.82, 2.24) is 20.0 Å². The van der Waals surface area contributed by atoms with Crippen LogP contribution in [0.3, 0.4) is 0 Å². The quantitative estimate of drug-likeness (QED) is 0.875. The predicted molar refractivity (Wildman–Crippen MR) is 99.4 cm³/mol. The molecule has 2 fully saturated rings. The molecular weight excluding hydrogens is 328 g/mol. The number of nitrogens with zero attached hydrogens (tertiary/aromatic N) is 3. The van der Waals surface area contributed by atoms with Crippen LogP contribution in [0, 0.1) is 11.8 Å². The Labute approximate surface area is 156 Å². The van der Waals surface area contributed by atoms with E-state index in [1.807, 2.05) is 0 Å². The van der Waals surface area contributed by atoms with Crippen molar-refractivity contribution >= 4 is 5.91 Å². The maximum atomic E-state index is 12.0. The molecule has 1 aromatic rings. The molecule has 1 amide bonds. The second-order valence-corrected chi connectivity index (χ2v) is 8.90. The molecule has 0 bridgehead atoms. The molecule has 6 heteroatoms. The summed E-state index contributed by atoms with van der Waals surface area (Å²) in [6.45, 7) is 9.95. The van der Waals surface area contributed by atoms with Crippen LogP contribution in [-0.2, 0) is 29.2 Å². The number of fused-ring (bicyclic) bond motifs is 1. The summed E-state index contributed by atoms with van der Waals surface area (Å²) in [5.74, 6) is 1.16. The molecule has 1 N–H and O–H groups in total. The van der Waals surface area contributed by atoms with Crippen LogP contribution >= 0.6 is 0 Å². The van der Waals surface area contributed by atoms with Gasteiger partial charge < -0.3 is 10.1 Å². The number of nitrogens with one attached hydrogen (secondary N) is 1. The van der Waals surface area contributed by atoms with E-state index >= 15 is 0 Å². The van der Waals surface area contributed by atoms with E-state index < -0.39 is 0 Å². The molecule has 2 aliphatic heterocycles. The Morgan fingerprint density at radius 3 is 2.92 bits per heavy atom. The number of rotatable bonds is 5. The minimum absolute atomic E-state index is 0.0201. The van der Waals surface area contributed by atoms with E-state index in [-0.39, 0.29) is 17.4 Å². The Morgan fingerprint density at radius 2 is 2.19 bits per heavy atom. The zero-order chi connectivity index (χ0) is 18.1. The zero-order valence-electron chi connectivity index (χ0n) is 16.2. The Balaban J connectivity index is 1.29. The monoisotopic (exact) mass is 360 g/mol. The summed E-state index contributed by atoms with van der Waals surface area (Å²) in [6.07, 6.45) is 5.59. The van der Waals surface area contributed by atoms with Gasteiger partial charge in [0.15, 0.2) is 0 Å². The number of hydrogen-bond acceptors (Lipinski definition) is 4. The summed E-state index contributed by atoms with van der Waals surface area (Å²) in [5, 5.41) is 7.74. The fourth-order valence-corrected chi connectivity index (χ4v) is 4.49. The third-order valence-electron chi connectivity index (χ3n) is 6.16. The van der Waals surface area contributed by atoms with Gasteiger partial charge in [0.1, 0.15) is 0 Å². The van der Waals surface area contributed by atoms with Gasteiger partial charge in [-0.3, -0.25) is 14.4 Å². The average molecular weight is 361 g/mol. The van der Waals surface area contributed by atoms with Crippen molar-refractivity contribution in [2.24, 2.45) is 11.8 Å². The van der Waals surface area contributed by atoms with Gasteiger partial charge in [-0.2, -0.15) is 5.10 Å². The van der Waals surface area contributed by atoms with E-state index in [1.54, 1.807) is 0 Å². The molecule has 1 aromatic heterocycles. The molecule has 1 saturated carbocycles. The highest BCUT2D eigenvalue weighted by molar-refractivity contribution is 5.79. The fourth-order valence-electron chi connectivity index (χ4n) is 4.49. The van der Waals surface area contributed by atoms with Gasteiger partial charge in [0.2, 0.25) is 5.91 Å². The van der Waals surface area contributed by atoms with Crippen LogP contribution < -0.4 is 5.32 Å². The van der Waals surface area contributed by atoms with Gasteiger partial charge in [0.25, 0.3) is 0 Å². The van der Waals surface area contributed by atoms with Gasteiger partial charge >= 0.3 is 0 Å². The highest BCUT2D eigenvalue weighted by Crippen LogP contribution is 2.30. The molecule has 4 rings (SSSR count). The largest absolute Gasteiger partial charge is 0.376 e. The highest BCUT2D eigenvalue weighted by Gasteiger charge is 2.31. The first-order valence-electron chi connectivity index (χ1n) is 10.2. The molecule has 1 aliphatic carbocycles. The van der Waals surface area contributed by atoms with Crippen LogP contribution in [0.15, 0.2) is 6.07 Å². The lowest BCUT2D eigenvalue weighted by Crippen LogP contribution is -2.42. The second kappa shape index (κ2) is 7.31. The van der Waals surface area contributed by atoms with E-state index in [4.69, 9.17) is 4.74 Å². The minimum Gasteiger partial charge on any atom is -0.376 e. The summed E-state index contributed by atoms with van der Waals surface area (Å²) in [5.41, 5.74) is 2.28. The molecule has 1 saturated heterocycles. The molecular formula is C20H32N4O2. The van der Waals surface area contributed by atoms with Gasteiger partial charge in [-0.1, -0.05) is 6.42 Å². The standard InChI is InChI=1S/C20H32N4O2/c1-20(2)11-15(6-9-26-20)13-23-7-8-24-18(14-23)10-17(22-24)12-21-19(25)16-4-3-5-16/h10,15-16H,3-9,11-14H2,1-2H3,(H,21,25)/t15-/m1/s1. The summed E-state index contributed by atoms with van der Waals surface area (Å²) < 4.78 is 7.97. The Bertz CT molecular complexity index is 650. The first-order valence-corrected chi connectivity index (χ1v) is 10.2. The SMILES string of the molecule is CC1(C)C[C@H](CN2CCn3nc(CNC(=O)C4CCC4)cc3C2)CCO1. The van der Waals surface area contributed by atoms with Crippen molar-refractivity contribution < 1.29 is 9.53 Å². The van der Waals surface area contributed by atoms with Gasteiger partial charge in [-0.05, 0) is 51.5 Å². The molecule has 3 aliphatic rings. The first kappa shape index (κ1) is 18.0. The van der Waals surface area contributed by atoms with Crippen molar-refractivity contribution in [3.05, 3.63) is 17.5 Å². The summed E-state index contributed by atoms with van der Waals surface area (Å²) in [4.78, 5) is 14.6. The lowest BCUT2D eigenvalue weighted by Gasteiger charge is -2.38. The van der Waals surface area contributed by atoms with Gasteiger partial charge in [0, 0.05) is 32.2 Å². The zero-order valence-corrected chi connectivity index (χ0v) is 16.2. The molecule has 0 unspecified atom stereocenters. The molecule has 0 radical (unpaired) electrons. The summed E-state index contributed by atoms with van der Waals surface area (Å²) >= 11 is 0. The van der Waals surface area contributed by atoms with Crippen molar-refractivity contribution in [2.75, 3.05) is 19.7 Å². The number of carbonyl (C=O) groups is 1. The molecule has 6 nitrogen and oxygen atoms in total. The van der Waals surface area contributed by atoms with E-state index in [0.29, 0.717) is 6.54 Å². The smallest absolute Gasteiger partial charge is 0.223 e. The Morgan fingerprint density at radius 1 is 1.35 bits per heavy atom. The van der Waals surface area contributed by atoms with E-state index in [1.165, 1.54) is 12.1 Å². The summed E-state index contributed by atoms with van der Waals surface area (Å²) in [6, 6.07) is 2.17. The topological polar surface area (TPSA) is 59.4 Å². The fraction of sp³-hybridized carbons (Fsp3) is 0.800. The maximum Gasteiger partial charge on any atom is 0.223 e. The van der Waals surface area contributed by atoms with Crippen LogP contribution in [0.4, 0.5) is 0 Å². The van der Waals surface area contributed by atoms with Crippen LogP contribution in [0.2, 0.25) is 0 Å². The highest BCUT2D eigenvalue weighted by atomic mass is 16.5. The number of hydrogen-bond donors (Lipinski definition) is 1. The average Bonchev–Trinajstić information content (AvgIpc) is 2.92. The Hall–Kier alpha value is -1.40. The molecule has 3 heterocycles. The molecule has 26 heavy (non-hydrogen) atoms. The third kappa shape index (κ3) is 4.12. The maximum absolute atomic E-state index is 12.0. The minimum atomic E-state index is 0.0201. The van der Waals surface area contributed by atoms with Crippen molar-refractivity contribution in [2.45, 2.75) is 71.2 Å². The van der Waals surface area contributed by atoms with Crippen LogP contribution in [0.1, 0.15) is 57.3 Å². The van der Waals surface area contributed by atoms with Gasteiger partial charge in [-0.25, -0.2) is 0 Å². The van der Waals surface area contributed by atoms with Crippen molar-refractivity contribution in [3.63, 3.8) is 0 Å². The van der Waals surface area contributed by atoms with Crippen LogP contribution in [0.25, 0.3) is 0 Å². The number of amides is 1. The Kier molecular flexibility index (Phi) is 5.06. The number of ether oxygens (including phenoxy) is 1. The first-order chi connectivity index (χ1) is 12.5. The molecule has 1 atom stereocenters. The van der Waals surface area contributed by atoms with Crippen molar-refractivity contribution in [3.8, 4) is 0 Å². The normalized spacial score (nSPS) is 26.2.